The average Bonchev–Trinajstić information content (AvgIpc) is 3.45. The van der Waals surface area contributed by atoms with Crippen molar-refractivity contribution in [3.8, 4) is 11.4 Å². The third kappa shape index (κ3) is 4.39. The maximum Gasteiger partial charge on any atom is 0.417 e. The second-order valence-electron chi connectivity index (χ2n) is 8.74. The molecular weight excluding hydrogens is 505 g/mol. The lowest BCUT2D eigenvalue weighted by atomic mass is 9.87. The van der Waals surface area contributed by atoms with Gasteiger partial charge in [-0.05, 0) is 17.0 Å². The van der Waals surface area contributed by atoms with Gasteiger partial charge in [-0.15, -0.1) is 15.3 Å². The van der Waals surface area contributed by atoms with Gasteiger partial charge in [0.15, 0.2) is 15.8 Å². The molecule has 5 rings (SSSR count). The van der Waals surface area contributed by atoms with Crippen LogP contribution in [0.1, 0.15) is 37.6 Å². The van der Waals surface area contributed by atoms with Crippen LogP contribution in [0.25, 0.3) is 22.0 Å². The SMILES string of the molecule is CC(C)(C)c1ccc(-c2nnc3sc(SCc4cn5cc(C(F)(F)F)cc(Cl)c5n4)nn23)cc1. The number of imidazole rings is 1. The van der Waals surface area contributed by atoms with Crippen LogP contribution in [0.4, 0.5) is 13.2 Å². The van der Waals surface area contributed by atoms with Crippen LogP contribution in [0, 0.1) is 0 Å². The lowest BCUT2D eigenvalue weighted by molar-refractivity contribution is -0.137. The Morgan fingerprint density at radius 1 is 1.03 bits per heavy atom. The average molecular weight is 523 g/mol. The van der Waals surface area contributed by atoms with Crippen LogP contribution in [0.3, 0.4) is 0 Å². The van der Waals surface area contributed by atoms with Crippen molar-refractivity contribution in [2.45, 2.75) is 42.5 Å². The predicted molar refractivity (Wildman–Crippen MR) is 128 cm³/mol. The summed E-state index contributed by atoms with van der Waals surface area (Å²) in [5.74, 6) is 1.07. The van der Waals surface area contributed by atoms with Crippen LogP contribution in [-0.2, 0) is 17.3 Å². The molecule has 1 aromatic carbocycles. The van der Waals surface area contributed by atoms with Crippen molar-refractivity contribution in [1.29, 1.82) is 0 Å². The molecule has 5 aromatic rings. The van der Waals surface area contributed by atoms with Crippen molar-refractivity contribution in [2.75, 3.05) is 0 Å². The summed E-state index contributed by atoms with van der Waals surface area (Å²) in [6.07, 6.45) is -1.94. The van der Waals surface area contributed by atoms with E-state index in [1.807, 2.05) is 12.1 Å². The van der Waals surface area contributed by atoms with Gasteiger partial charge in [0.1, 0.15) is 0 Å². The van der Waals surface area contributed by atoms with Gasteiger partial charge in [0.2, 0.25) is 4.96 Å². The first kappa shape index (κ1) is 23.1. The molecule has 0 saturated carbocycles. The first-order chi connectivity index (χ1) is 16.0. The number of hydrogen-bond acceptors (Lipinski definition) is 6. The van der Waals surface area contributed by atoms with Crippen molar-refractivity contribution in [1.82, 2.24) is 29.2 Å². The Balaban J connectivity index is 1.37. The highest BCUT2D eigenvalue weighted by atomic mass is 35.5. The number of thioether (sulfide) groups is 1. The number of halogens is 4. The summed E-state index contributed by atoms with van der Waals surface area (Å²) < 4.78 is 42.9. The fourth-order valence-electron chi connectivity index (χ4n) is 3.42. The summed E-state index contributed by atoms with van der Waals surface area (Å²) in [5.41, 5.74) is 2.25. The topological polar surface area (TPSA) is 60.4 Å². The Labute approximate surface area is 205 Å². The number of rotatable bonds is 4. The first-order valence-corrected chi connectivity index (χ1v) is 12.4. The third-order valence-electron chi connectivity index (χ3n) is 5.21. The molecule has 0 aliphatic carbocycles. The molecule has 0 aliphatic heterocycles. The Morgan fingerprint density at radius 2 is 1.76 bits per heavy atom. The van der Waals surface area contributed by atoms with Crippen LogP contribution < -0.4 is 0 Å². The number of fused-ring (bicyclic) bond motifs is 2. The summed E-state index contributed by atoms with van der Waals surface area (Å²) >= 11 is 8.84. The number of benzene rings is 1. The Bertz CT molecular complexity index is 1500. The summed E-state index contributed by atoms with van der Waals surface area (Å²) in [4.78, 5) is 5.03. The molecule has 4 aromatic heterocycles. The van der Waals surface area contributed by atoms with Gasteiger partial charge in [-0.25, -0.2) is 4.98 Å². The number of pyridine rings is 1. The molecule has 0 amide bonds. The van der Waals surface area contributed by atoms with Crippen molar-refractivity contribution < 1.29 is 13.2 Å². The van der Waals surface area contributed by atoms with Crippen molar-refractivity contribution >= 4 is 45.3 Å². The maximum atomic E-state index is 13.1. The fourth-order valence-corrected chi connectivity index (χ4v) is 5.44. The smallest absolute Gasteiger partial charge is 0.305 e. The number of aromatic nitrogens is 6. The zero-order chi connectivity index (χ0) is 24.3. The van der Waals surface area contributed by atoms with E-state index in [-0.39, 0.29) is 16.1 Å². The Morgan fingerprint density at radius 3 is 2.44 bits per heavy atom. The summed E-state index contributed by atoms with van der Waals surface area (Å²) in [6, 6.07) is 9.07. The van der Waals surface area contributed by atoms with Gasteiger partial charge >= 0.3 is 6.18 Å². The Hall–Kier alpha value is -2.63. The van der Waals surface area contributed by atoms with E-state index in [1.165, 1.54) is 33.1 Å². The third-order valence-corrected chi connectivity index (χ3v) is 7.55. The molecule has 0 atom stereocenters. The van der Waals surface area contributed by atoms with Gasteiger partial charge in [-0.1, -0.05) is 79.7 Å². The van der Waals surface area contributed by atoms with Gasteiger partial charge < -0.3 is 4.40 Å². The molecule has 0 N–H and O–H groups in total. The largest absolute Gasteiger partial charge is 0.417 e. The maximum absolute atomic E-state index is 13.1. The number of alkyl halides is 3. The molecule has 176 valence electrons. The molecule has 0 radical (unpaired) electrons. The van der Waals surface area contributed by atoms with Crippen LogP contribution in [0.2, 0.25) is 5.02 Å². The van der Waals surface area contributed by atoms with Crippen LogP contribution in [0.5, 0.6) is 0 Å². The summed E-state index contributed by atoms with van der Waals surface area (Å²) in [6.45, 7) is 6.48. The Kier molecular flexibility index (Phi) is 5.61. The minimum absolute atomic E-state index is 0.0491. The second-order valence-corrected chi connectivity index (χ2v) is 11.3. The highest BCUT2D eigenvalue weighted by Gasteiger charge is 2.32. The minimum atomic E-state index is -4.48. The molecule has 0 aliphatic rings. The monoisotopic (exact) mass is 522 g/mol. The standard InChI is InChI=1S/C22H18ClF3N6S2/c1-21(2,3)13-6-4-12(5-7-13)17-28-29-19-32(17)30-20(34-19)33-11-15-10-31-9-14(22(24,25)26)8-16(23)18(31)27-15/h4-10H,11H2,1-3H3. The summed E-state index contributed by atoms with van der Waals surface area (Å²) in [7, 11) is 0. The molecule has 34 heavy (non-hydrogen) atoms. The van der Waals surface area contributed by atoms with Gasteiger partial charge in [-0.2, -0.15) is 17.7 Å². The van der Waals surface area contributed by atoms with Gasteiger partial charge in [-0.3, -0.25) is 0 Å². The van der Waals surface area contributed by atoms with E-state index in [4.69, 9.17) is 11.6 Å². The molecule has 0 fully saturated rings. The molecule has 4 heterocycles. The molecule has 0 saturated heterocycles. The molecule has 12 heteroatoms. The second kappa shape index (κ2) is 8.24. The van der Waals surface area contributed by atoms with Gasteiger partial charge in [0, 0.05) is 23.7 Å². The van der Waals surface area contributed by atoms with E-state index in [0.29, 0.717) is 22.2 Å². The first-order valence-electron chi connectivity index (χ1n) is 10.2. The van der Waals surface area contributed by atoms with E-state index >= 15 is 0 Å². The molecule has 6 nitrogen and oxygen atoms in total. The van der Waals surface area contributed by atoms with Crippen molar-refractivity contribution in [3.05, 3.63) is 64.6 Å². The zero-order valence-electron chi connectivity index (χ0n) is 18.3. The quantitative estimate of drug-likeness (QED) is 0.244. The highest BCUT2D eigenvalue weighted by molar-refractivity contribution is 8.00. The van der Waals surface area contributed by atoms with E-state index in [2.05, 4.69) is 53.2 Å². The molecule has 0 unspecified atom stereocenters. The van der Waals surface area contributed by atoms with E-state index in [9.17, 15) is 13.2 Å². The molecular formula is C22H18ClF3N6S2. The predicted octanol–water partition coefficient (Wildman–Crippen LogP) is 6.76. The summed E-state index contributed by atoms with van der Waals surface area (Å²) in [5, 5.41) is 13.1. The van der Waals surface area contributed by atoms with Crippen LogP contribution in [-0.4, -0.2) is 29.2 Å². The normalized spacial score (nSPS) is 12.8. The number of hydrogen-bond donors (Lipinski definition) is 0. The lowest BCUT2D eigenvalue weighted by Gasteiger charge is -2.18. The van der Waals surface area contributed by atoms with Crippen LogP contribution >= 0.6 is 34.7 Å². The van der Waals surface area contributed by atoms with Crippen LogP contribution in [0.15, 0.2) is 47.1 Å². The zero-order valence-corrected chi connectivity index (χ0v) is 20.6. The highest BCUT2D eigenvalue weighted by Crippen LogP contribution is 2.34. The molecule has 0 bridgehead atoms. The van der Waals surface area contributed by atoms with Gasteiger partial charge in [0.25, 0.3) is 0 Å². The van der Waals surface area contributed by atoms with E-state index < -0.39 is 11.7 Å². The van der Waals surface area contributed by atoms with Crippen molar-refractivity contribution in [3.63, 3.8) is 0 Å². The van der Waals surface area contributed by atoms with E-state index in [1.54, 1.807) is 10.7 Å². The van der Waals surface area contributed by atoms with Gasteiger partial charge in [0.05, 0.1) is 16.3 Å². The van der Waals surface area contributed by atoms with Crippen molar-refractivity contribution in [2.24, 2.45) is 0 Å². The fraction of sp³-hybridized carbons (Fsp3) is 0.273. The molecule has 0 spiro atoms. The number of nitrogens with zero attached hydrogens (tertiary/aromatic N) is 6. The lowest BCUT2D eigenvalue weighted by Crippen LogP contribution is -2.10. The minimum Gasteiger partial charge on any atom is -0.305 e. The van der Waals surface area contributed by atoms with E-state index in [0.717, 1.165) is 22.2 Å².